The minimum Gasteiger partial charge on any atom is -0.485 e. The molecule has 0 aliphatic carbocycles. The van der Waals surface area contributed by atoms with Crippen molar-refractivity contribution < 1.29 is 9.66 Å². The maximum Gasteiger partial charge on any atom is 0.278 e. The van der Waals surface area contributed by atoms with Crippen molar-refractivity contribution in [1.82, 2.24) is 14.9 Å². The fourth-order valence-corrected chi connectivity index (χ4v) is 2.78. The first-order chi connectivity index (χ1) is 13.0. The number of H-pyrrole nitrogens is 1. The van der Waals surface area contributed by atoms with Gasteiger partial charge >= 0.3 is 0 Å². The molecule has 0 atom stereocenters. The summed E-state index contributed by atoms with van der Waals surface area (Å²) in [6.45, 7) is 4.07. The molecule has 9 heteroatoms. The van der Waals surface area contributed by atoms with E-state index in [1.165, 1.54) is 17.0 Å². The molecule has 0 bridgehead atoms. The van der Waals surface area contributed by atoms with Crippen LogP contribution in [0.3, 0.4) is 0 Å². The van der Waals surface area contributed by atoms with Crippen LogP contribution >= 0.6 is 12.2 Å². The summed E-state index contributed by atoms with van der Waals surface area (Å²) in [7, 11) is 0. The van der Waals surface area contributed by atoms with Crippen molar-refractivity contribution in [2.45, 2.75) is 20.5 Å². The average Bonchev–Trinajstić information content (AvgIpc) is 2.99. The van der Waals surface area contributed by atoms with Gasteiger partial charge in [-0.2, -0.15) is 14.9 Å². The third-order valence-corrected chi connectivity index (χ3v) is 4.18. The molecule has 138 valence electrons. The second kappa shape index (κ2) is 7.92. The van der Waals surface area contributed by atoms with E-state index in [4.69, 9.17) is 17.0 Å². The second-order valence-electron chi connectivity index (χ2n) is 5.83. The summed E-state index contributed by atoms with van der Waals surface area (Å²) in [5.41, 5.74) is 2.36. The third-order valence-electron chi connectivity index (χ3n) is 3.92. The van der Waals surface area contributed by atoms with Crippen LogP contribution < -0.4 is 4.74 Å². The average molecular weight is 383 g/mol. The zero-order valence-electron chi connectivity index (χ0n) is 14.7. The van der Waals surface area contributed by atoms with Gasteiger partial charge in [-0.05, 0) is 43.3 Å². The number of aryl methyl sites for hydroxylation is 2. The van der Waals surface area contributed by atoms with Crippen molar-refractivity contribution in [3.63, 3.8) is 0 Å². The number of hydrogen-bond acceptors (Lipinski definition) is 6. The summed E-state index contributed by atoms with van der Waals surface area (Å²) in [6, 6.07) is 12.2. The molecule has 0 saturated heterocycles. The number of aromatic nitrogens is 3. The summed E-state index contributed by atoms with van der Waals surface area (Å²) in [5.74, 6) is 1.23. The molecular weight excluding hydrogens is 366 g/mol. The Labute approximate surface area is 160 Å². The number of ether oxygens (including phenoxy) is 1. The van der Waals surface area contributed by atoms with Gasteiger partial charge in [-0.25, -0.2) is 5.10 Å². The minimum absolute atomic E-state index is 0.0374. The highest BCUT2D eigenvalue weighted by Gasteiger charge is 2.12. The van der Waals surface area contributed by atoms with E-state index in [9.17, 15) is 10.1 Å². The van der Waals surface area contributed by atoms with Crippen molar-refractivity contribution >= 4 is 24.1 Å². The van der Waals surface area contributed by atoms with Crippen LogP contribution in [0.25, 0.3) is 0 Å². The first-order valence-electron chi connectivity index (χ1n) is 8.10. The fourth-order valence-electron chi connectivity index (χ4n) is 2.58. The van der Waals surface area contributed by atoms with E-state index < -0.39 is 4.92 Å². The molecule has 3 rings (SSSR count). The topological polar surface area (TPSA) is 98.3 Å². The van der Waals surface area contributed by atoms with Gasteiger partial charge < -0.3 is 4.74 Å². The molecule has 1 N–H and O–H groups in total. The van der Waals surface area contributed by atoms with Crippen LogP contribution in [0.5, 0.6) is 5.75 Å². The van der Waals surface area contributed by atoms with Crippen LogP contribution in [0.4, 0.5) is 5.69 Å². The summed E-state index contributed by atoms with van der Waals surface area (Å²) in [5, 5.41) is 22.2. The lowest BCUT2D eigenvalue weighted by Gasteiger charge is -2.11. The molecule has 0 aliphatic rings. The summed E-state index contributed by atoms with van der Waals surface area (Å²) < 4.78 is 7.55. The second-order valence-corrected chi connectivity index (χ2v) is 6.21. The fraction of sp³-hybridized carbons (Fsp3) is 0.167. The number of nitro benzene ring substituents is 1. The number of hydrogen-bond donors (Lipinski definition) is 1. The van der Waals surface area contributed by atoms with Gasteiger partial charge in [0.25, 0.3) is 5.69 Å². The van der Waals surface area contributed by atoms with Crippen LogP contribution in [0, 0.1) is 28.7 Å². The quantitative estimate of drug-likeness (QED) is 0.301. The maximum atomic E-state index is 11.1. The maximum absolute atomic E-state index is 11.1. The van der Waals surface area contributed by atoms with Gasteiger partial charge in [-0.15, -0.1) is 0 Å². The number of benzene rings is 2. The molecule has 1 aromatic heterocycles. The number of nitro groups is 1. The van der Waals surface area contributed by atoms with Crippen LogP contribution in [0.15, 0.2) is 47.6 Å². The van der Waals surface area contributed by atoms with E-state index >= 15 is 0 Å². The Hall–Kier alpha value is -3.33. The normalized spacial score (nSPS) is 11.0. The standard InChI is InChI=1S/C18H17N5O3S/c1-12-6-5-7-13(2)17(12)26-11-16-20-21-18(27)22(16)19-10-14-8-3-4-9-15(14)23(24)25/h3-10H,11H2,1-2H3,(H,21,27)/b19-10-. The molecule has 1 heterocycles. The predicted molar refractivity (Wildman–Crippen MR) is 104 cm³/mol. The lowest BCUT2D eigenvalue weighted by atomic mass is 10.1. The molecule has 0 aliphatic heterocycles. The van der Waals surface area contributed by atoms with Crippen LogP contribution in [0.2, 0.25) is 0 Å². The molecule has 8 nitrogen and oxygen atoms in total. The molecule has 27 heavy (non-hydrogen) atoms. The van der Waals surface area contributed by atoms with Crippen molar-refractivity contribution in [3.05, 3.63) is 79.9 Å². The number of para-hydroxylation sites is 2. The highest BCUT2D eigenvalue weighted by molar-refractivity contribution is 7.71. The first kappa shape index (κ1) is 18.5. The molecule has 3 aromatic rings. The highest BCUT2D eigenvalue weighted by atomic mass is 32.1. The largest absolute Gasteiger partial charge is 0.485 e. The Morgan fingerprint density at radius 3 is 2.67 bits per heavy atom. The van der Waals surface area contributed by atoms with Gasteiger partial charge in [-0.1, -0.05) is 30.3 Å². The van der Waals surface area contributed by atoms with Crippen LogP contribution in [-0.4, -0.2) is 26.0 Å². The van der Waals surface area contributed by atoms with E-state index in [2.05, 4.69) is 15.3 Å². The molecular formula is C18H17N5O3S. The van der Waals surface area contributed by atoms with Gasteiger partial charge in [0.2, 0.25) is 4.77 Å². The number of aromatic amines is 1. The lowest BCUT2D eigenvalue weighted by molar-refractivity contribution is -0.385. The summed E-state index contributed by atoms with van der Waals surface area (Å²) >= 11 is 5.20. The first-order valence-corrected chi connectivity index (χ1v) is 8.51. The predicted octanol–water partition coefficient (Wildman–Crippen LogP) is 3.93. The van der Waals surface area contributed by atoms with Crippen LogP contribution in [-0.2, 0) is 6.61 Å². The highest BCUT2D eigenvalue weighted by Crippen LogP contribution is 2.23. The zero-order chi connectivity index (χ0) is 19.4. The number of nitrogens with one attached hydrogen (secondary N) is 1. The van der Waals surface area contributed by atoms with Gasteiger partial charge in [-0.3, -0.25) is 10.1 Å². The Morgan fingerprint density at radius 2 is 1.96 bits per heavy atom. The van der Waals surface area contributed by atoms with Gasteiger partial charge in [0.15, 0.2) is 5.82 Å². The molecule has 2 aromatic carbocycles. The Bertz CT molecular complexity index is 1050. The number of nitrogens with zero attached hydrogens (tertiary/aromatic N) is 4. The summed E-state index contributed by atoms with van der Waals surface area (Å²) in [6.07, 6.45) is 1.38. The SMILES string of the molecule is Cc1cccc(C)c1OCc1n[nH]c(=S)n1/N=C\c1ccccc1[N+](=O)[O-]. The molecule has 0 radical (unpaired) electrons. The summed E-state index contributed by atoms with van der Waals surface area (Å²) in [4.78, 5) is 10.7. The molecule has 0 spiro atoms. The van der Waals surface area contributed by atoms with E-state index in [1.54, 1.807) is 18.2 Å². The smallest absolute Gasteiger partial charge is 0.278 e. The van der Waals surface area contributed by atoms with Crippen molar-refractivity contribution in [1.29, 1.82) is 0 Å². The van der Waals surface area contributed by atoms with Crippen LogP contribution in [0.1, 0.15) is 22.5 Å². The van der Waals surface area contributed by atoms with Gasteiger partial charge in [0, 0.05) is 6.07 Å². The Kier molecular flexibility index (Phi) is 5.41. The lowest BCUT2D eigenvalue weighted by Crippen LogP contribution is -2.06. The van der Waals surface area contributed by atoms with E-state index in [-0.39, 0.29) is 17.1 Å². The van der Waals surface area contributed by atoms with Crippen molar-refractivity contribution in [2.75, 3.05) is 0 Å². The molecule has 0 amide bonds. The van der Waals surface area contributed by atoms with E-state index in [0.29, 0.717) is 11.4 Å². The number of rotatable bonds is 6. The van der Waals surface area contributed by atoms with Crippen molar-refractivity contribution in [2.24, 2.45) is 5.10 Å². The van der Waals surface area contributed by atoms with E-state index in [1.807, 2.05) is 32.0 Å². The monoisotopic (exact) mass is 383 g/mol. The molecule has 0 unspecified atom stereocenters. The minimum atomic E-state index is -0.457. The molecule has 0 saturated carbocycles. The zero-order valence-corrected chi connectivity index (χ0v) is 15.6. The Morgan fingerprint density at radius 1 is 1.26 bits per heavy atom. The molecule has 0 fully saturated rings. The Balaban J connectivity index is 1.86. The van der Waals surface area contributed by atoms with Crippen molar-refractivity contribution in [3.8, 4) is 5.75 Å². The van der Waals surface area contributed by atoms with Gasteiger partial charge in [0.1, 0.15) is 12.4 Å². The third kappa shape index (κ3) is 4.09. The van der Waals surface area contributed by atoms with Gasteiger partial charge in [0.05, 0.1) is 16.7 Å². The van der Waals surface area contributed by atoms with E-state index in [0.717, 1.165) is 16.9 Å².